The molecule has 11 heteroatoms. The van der Waals surface area contributed by atoms with Gasteiger partial charge in [-0.1, -0.05) is 12.1 Å². The van der Waals surface area contributed by atoms with Gasteiger partial charge in [-0.2, -0.15) is 5.26 Å². The Labute approximate surface area is 240 Å². The minimum absolute atomic E-state index is 0.000947. The summed E-state index contributed by atoms with van der Waals surface area (Å²) < 4.78 is 23.2. The molecule has 0 atom stereocenters. The quantitative estimate of drug-likeness (QED) is 0.203. The number of carbonyl (C=O) groups excluding carboxylic acids is 1. The van der Waals surface area contributed by atoms with Crippen LogP contribution in [-0.4, -0.2) is 44.4 Å². The Balaban J connectivity index is 1.53. The Kier molecular flexibility index (Phi) is 8.14. The average molecular weight is 659 g/mol. The lowest BCUT2D eigenvalue weighted by atomic mass is 10.0. The number of nitrogens with zero attached hydrogens (tertiary/aromatic N) is 3. The summed E-state index contributed by atoms with van der Waals surface area (Å²) >= 11 is 8.20. The molecule has 0 aliphatic carbocycles. The zero-order chi connectivity index (χ0) is 26.6. The third-order valence-corrected chi connectivity index (χ3v) is 9.65. The SMILES string of the molecule is COC(=O)c1sc(Br)c(Br)c1COc1nc(-c2ccc(N3CCOCC3)cc2)cc(-c2ccoc2)c1C#N. The fourth-order valence-electron chi connectivity index (χ4n) is 4.13. The molecule has 38 heavy (non-hydrogen) atoms. The van der Waals surface area contributed by atoms with Gasteiger partial charge in [0.1, 0.15) is 23.1 Å². The second-order valence-electron chi connectivity index (χ2n) is 8.28. The molecule has 0 saturated carbocycles. The van der Waals surface area contributed by atoms with Crippen molar-refractivity contribution in [3.63, 3.8) is 0 Å². The summed E-state index contributed by atoms with van der Waals surface area (Å²) in [5.41, 5.74) is 4.86. The van der Waals surface area contributed by atoms with Gasteiger partial charge >= 0.3 is 5.97 Å². The first-order valence-corrected chi connectivity index (χ1v) is 14.0. The van der Waals surface area contributed by atoms with Crippen molar-refractivity contribution >= 4 is 54.9 Å². The second-order valence-corrected chi connectivity index (χ2v) is 11.4. The molecule has 1 saturated heterocycles. The predicted octanol–water partition coefficient (Wildman–Crippen LogP) is 6.67. The number of nitriles is 1. The Morgan fingerprint density at radius 2 is 1.95 bits per heavy atom. The minimum atomic E-state index is -0.471. The summed E-state index contributed by atoms with van der Waals surface area (Å²) in [6.45, 7) is 3.11. The van der Waals surface area contributed by atoms with E-state index in [1.165, 1.54) is 18.4 Å². The van der Waals surface area contributed by atoms with Crippen LogP contribution in [0.1, 0.15) is 20.8 Å². The van der Waals surface area contributed by atoms with Crippen molar-refractivity contribution in [3.05, 3.63) is 73.2 Å². The molecule has 1 aromatic carbocycles. The highest BCUT2D eigenvalue weighted by atomic mass is 79.9. The Hall–Kier alpha value is -3.17. The molecule has 4 heterocycles. The van der Waals surface area contributed by atoms with Gasteiger partial charge in [0.15, 0.2) is 0 Å². The zero-order valence-electron chi connectivity index (χ0n) is 20.2. The molecule has 4 aromatic rings. The summed E-state index contributed by atoms with van der Waals surface area (Å²) in [7, 11) is 1.33. The number of halogens is 2. The smallest absolute Gasteiger partial charge is 0.348 e. The number of morpholine rings is 1. The highest BCUT2D eigenvalue weighted by Crippen LogP contribution is 2.39. The Bertz CT molecular complexity index is 1490. The van der Waals surface area contributed by atoms with E-state index >= 15 is 0 Å². The van der Waals surface area contributed by atoms with Crippen molar-refractivity contribution in [2.75, 3.05) is 38.3 Å². The van der Waals surface area contributed by atoms with Gasteiger partial charge in [0.25, 0.3) is 0 Å². The third kappa shape index (κ3) is 5.35. The van der Waals surface area contributed by atoms with E-state index in [4.69, 9.17) is 23.6 Å². The van der Waals surface area contributed by atoms with Crippen LogP contribution in [0.15, 0.2) is 61.6 Å². The minimum Gasteiger partial charge on any atom is -0.472 e. The second kappa shape index (κ2) is 11.7. The molecule has 1 aliphatic rings. The summed E-state index contributed by atoms with van der Waals surface area (Å²) in [6.07, 6.45) is 3.13. The maximum absolute atomic E-state index is 12.3. The van der Waals surface area contributed by atoms with Crippen LogP contribution in [0.25, 0.3) is 22.4 Å². The molecule has 0 amide bonds. The van der Waals surface area contributed by atoms with Crippen molar-refractivity contribution in [1.29, 1.82) is 5.26 Å². The lowest BCUT2D eigenvalue weighted by Gasteiger charge is -2.28. The number of hydrogen-bond acceptors (Lipinski definition) is 9. The van der Waals surface area contributed by atoms with Gasteiger partial charge in [-0.25, -0.2) is 9.78 Å². The van der Waals surface area contributed by atoms with E-state index in [0.717, 1.165) is 33.7 Å². The maximum atomic E-state index is 12.3. The normalized spacial score (nSPS) is 13.3. The van der Waals surface area contributed by atoms with Gasteiger partial charge in [0, 0.05) is 41.0 Å². The van der Waals surface area contributed by atoms with Crippen molar-refractivity contribution in [2.45, 2.75) is 6.61 Å². The molecule has 1 fully saturated rings. The third-order valence-electron chi connectivity index (χ3n) is 6.10. The molecule has 194 valence electrons. The lowest BCUT2D eigenvalue weighted by Crippen LogP contribution is -2.36. The Morgan fingerprint density at radius 3 is 2.61 bits per heavy atom. The first-order valence-electron chi connectivity index (χ1n) is 11.6. The van der Waals surface area contributed by atoms with Crippen LogP contribution in [0.2, 0.25) is 0 Å². The van der Waals surface area contributed by atoms with E-state index in [0.29, 0.717) is 39.4 Å². The average Bonchev–Trinajstić information content (AvgIpc) is 3.60. The lowest BCUT2D eigenvalue weighted by molar-refractivity contribution is 0.0603. The van der Waals surface area contributed by atoms with Crippen LogP contribution < -0.4 is 9.64 Å². The van der Waals surface area contributed by atoms with E-state index in [1.807, 2.05) is 18.2 Å². The molecule has 0 radical (unpaired) electrons. The molecule has 8 nitrogen and oxygen atoms in total. The summed E-state index contributed by atoms with van der Waals surface area (Å²) in [6, 6.07) is 14.0. The number of thiophene rings is 1. The molecule has 1 aliphatic heterocycles. The highest BCUT2D eigenvalue weighted by molar-refractivity contribution is 9.13. The first-order chi connectivity index (χ1) is 18.5. The molecular weight excluding hydrogens is 638 g/mol. The molecule has 3 aromatic heterocycles. The van der Waals surface area contributed by atoms with Crippen molar-refractivity contribution in [3.8, 4) is 34.3 Å². The monoisotopic (exact) mass is 657 g/mol. The van der Waals surface area contributed by atoms with E-state index in [-0.39, 0.29) is 18.1 Å². The summed E-state index contributed by atoms with van der Waals surface area (Å²) in [4.78, 5) is 19.7. The van der Waals surface area contributed by atoms with E-state index in [2.05, 4.69) is 55.0 Å². The van der Waals surface area contributed by atoms with Crippen molar-refractivity contribution < 1.29 is 23.4 Å². The maximum Gasteiger partial charge on any atom is 0.348 e. The zero-order valence-corrected chi connectivity index (χ0v) is 24.2. The summed E-state index contributed by atoms with van der Waals surface area (Å²) in [5.74, 6) is -0.315. The number of anilines is 1. The van der Waals surface area contributed by atoms with Gasteiger partial charge < -0.3 is 23.5 Å². The molecular formula is C27H21Br2N3O5S. The van der Waals surface area contributed by atoms with Gasteiger partial charge in [-0.3, -0.25) is 0 Å². The van der Waals surface area contributed by atoms with Crippen molar-refractivity contribution in [1.82, 2.24) is 4.98 Å². The Morgan fingerprint density at radius 1 is 1.18 bits per heavy atom. The van der Waals surface area contributed by atoms with Crippen LogP contribution in [0.5, 0.6) is 5.88 Å². The van der Waals surface area contributed by atoms with Crippen LogP contribution in [0, 0.1) is 11.3 Å². The number of methoxy groups -OCH3 is 1. The number of esters is 1. The largest absolute Gasteiger partial charge is 0.472 e. The van der Waals surface area contributed by atoms with Crippen LogP contribution in [0.4, 0.5) is 5.69 Å². The van der Waals surface area contributed by atoms with E-state index < -0.39 is 5.97 Å². The van der Waals surface area contributed by atoms with Gasteiger partial charge in [-0.05, 0) is 56.1 Å². The molecule has 5 rings (SSSR count). The van der Waals surface area contributed by atoms with Crippen LogP contribution in [-0.2, 0) is 16.1 Å². The van der Waals surface area contributed by atoms with Crippen LogP contribution >= 0.6 is 43.2 Å². The predicted molar refractivity (Wildman–Crippen MR) is 151 cm³/mol. The van der Waals surface area contributed by atoms with Gasteiger partial charge in [-0.15, -0.1) is 11.3 Å². The molecule has 0 bridgehead atoms. The number of benzene rings is 1. The van der Waals surface area contributed by atoms with E-state index in [1.54, 1.807) is 18.6 Å². The van der Waals surface area contributed by atoms with Gasteiger partial charge in [0.2, 0.25) is 5.88 Å². The highest BCUT2D eigenvalue weighted by Gasteiger charge is 2.24. The van der Waals surface area contributed by atoms with Crippen LogP contribution in [0.3, 0.4) is 0 Å². The summed E-state index contributed by atoms with van der Waals surface area (Å²) in [5, 5.41) is 10.1. The topological polar surface area (TPSA) is 97.8 Å². The standard InChI is InChI=1S/C27H21Br2N3O5S/c1-34-27(33)24-21(23(28)25(29)38-24)15-37-26-20(13-30)19(17-6-9-36-14-17)12-22(31-26)16-2-4-18(5-3-16)32-7-10-35-11-8-32/h2-6,9,12,14H,7-8,10-11,15H2,1H3. The number of hydrogen-bond donors (Lipinski definition) is 0. The first kappa shape index (κ1) is 26.4. The number of ether oxygens (including phenoxy) is 3. The van der Waals surface area contributed by atoms with Gasteiger partial charge in [0.05, 0.1) is 46.8 Å². The molecule has 0 N–H and O–H groups in total. The number of rotatable bonds is 7. The molecule has 0 spiro atoms. The van der Waals surface area contributed by atoms with E-state index in [9.17, 15) is 10.1 Å². The van der Waals surface area contributed by atoms with Crippen molar-refractivity contribution in [2.24, 2.45) is 0 Å². The number of aromatic nitrogens is 1. The number of pyridine rings is 1. The number of furan rings is 1. The fourth-order valence-corrected chi connectivity index (χ4v) is 6.39. The number of carbonyl (C=O) groups is 1. The fraction of sp³-hybridized carbons (Fsp3) is 0.222. The molecule has 0 unspecified atom stereocenters.